The number of fused-ring (bicyclic) bond motifs is 1. The summed E-state index contributed by atoms with van der Waals surface area (Å²) in [6, 6.07) is 12.4. The summed E-state index contributed by atoms with van der Waals surface area (Å²) < 4.78 is 7.77. The second kappa shape index (κ2) is 8.19. The highest BCUT2D eigenvalue weighted by molar-refractivity contribution is 7.16. The van der Waals surface area contributed by atoms with Crippen LogP contribution in [0.2, 0.25) is 0 Å². The molecule has 142 valence electrons. The molecule has 0 N–H and O–H groups in total. The van der Waals surface area contributed by atoms with E-state index < -0.39 is 5.91 Å². The van der Waals surface area contributed by atoms with Crippen LogP contribution in [0.4, 0.5) is 0 Å². The van der Waals surface area contributed by atoms with Crippen LogP contribution in [0, 0.1) is 25.2 Å². The Hall–Kier alpha value is -3.24. The van der Waals surface area contributed by atoms with Crippen molar-refractivity contribution in [2.45, 2.75) is 27.3 Å². The van der Waals surface area contributed by atoms with Gasteiger partial charge in [0.15, 0.2) is 4.80 Å². The zero-order chi connectivity index (χ0) is 20.3. The Morgan fingerprint density at radius 1 is 1.21 bits per heavy atom. The zero-order valence-electron chi connectivity index (χ0n) is 15.9. The number of carbonyl (C=O) groups excluding carboxylic acids is 2. The molecule has 28 heavy (non-hydrogen) atoms. The normalized spacial score (nSPS) is 11.4. The number of hydrogen-bond acceptors (Lipinski definition) is 5. The Kier molecular flexibility index (Phi) is 5.71. The fraction of sp³-hybridized carbons (Fsp3) is 0.238. The van der Waals surface area contributed by atoms with E-state index >= 15 is 0 Å². The van der Waals surface area contributed by atoms with Crippen molar-refractivity contribution in [3.8, 4) is 6.07 Å². The van der Waals surface area contributed by atoms with Crippen molar-refractivity contribution in [1.82, 2.24) is 4.57 Å². The topological polar surface area (TPSA) is 84.5 Å². The minimum atomic E-state index is -0.428. The largest absolute Gasteiger partial charge is 0.465 e. The third-order valence-electron chi connectivity index (χ3n) is 4.16. The molecule has 0 atom stereocenters. The average Bonchev–Trinajstić information content (AvgIpc) is 2.98. The smallest absolute Gasteiger partial charge is 0.326 e. The molecule has 0 radical (unpaired) electrons. The molecule has 0 saturated carbocycles. The number of hydrogen-bond donors (Lipinski definition) is 0. The van der Waals surface area contributed by atoms with Gasteiger partial charge in [0, 0.05) is 5.56 Å². The first kappa shape index (κ1) is 19.5. The van der Waals surface area contributed by atoms with E-state index in [1.165, 1.54) is 11.3 Å². The van der Waals surface area contributed by atoms with Gasteiger partial charge in [-0.25, -0.2) is 0 Å². The van der Waals surface area contributed by atoms with Gasteiger partial charge in [-0.2, -0.15) is 10.3 Å². The molecule has 1 aromatic heterocycles. The number of nitriles is 1. The summed E-state index contributed by atoms with van der Waals surface area (Å²) in [6.45, 7) is 5.99. The molecule has 6 nitrogen and oxygen atoms in total. The van der Waals surface area contributed by atoms with E-state index in [0.717, 1.165) is 21.3 Å². The van der Waals surface area contributed by atoms with Crippen LogP contribution >= 0.6 is 11.3 Å². The van der Waals surface area contributed by atoms with Crippen LogP contribution in [-0.4, -0.2) is 23.1 Å². The molecule has 1 amide bonds. The number of carbonyl (C=O) groups is 2. The highest BCUT2D eigenvalue weighted by Crippen LogP contribution is 2.23. The van der Waals surface area contributed by atoms with Gasteiger partial charge in [-0.1, -0.05) is 17.4 Å². The van der Waals surface area contributed by atoms with E-state index in [1.54, 1.807) is 35.8 Å². The third kappa shape index (κ3) is 4.02. The average molecular weight is 393 g/mol. The lowest BCUT2D eigenvalue weighted by Gasteiger charge is -2.07. The number of rotatable bonds is 4. The van der Waals surface area contributed by atoms with E-state index in [2.05, 4.69) is 4.99 Å². The van der Waals surface area contributed by atoms with Crippen molar-refractivity contribution >= 4 is 33.4 Å². The second-order valence-electron chi connectivity index (χ2n) is 6.31. The molecule has 0 unspecified atom stereocenters. The fourth-order valence-corrected chi connectivity index (χ4v) is 4.20. The minimum Gasteiger partial charge on any atom is -0.465 e. The van der Waals surface area contributed by atoms with Crippen LogP contribution in [-0.2, 0) is 16.1 Å². The van der Waals surface area contributed by atoms with Crippen LogP contribution < -0.4 is 4.80 Å². The van der Waals surface area contributed by atoms with Crippen LogP contribution in [0.25, 0.3) is 10.2 Å². The number of aryl methyl sites for hydroxylation is 2. The molecule has 0 fully saturated rings. The quantitative estimate of drug-likeness (QED) is 0.635. The SMILES string of the molecule is CCOC(=O)Cn1c(=NC(=O)c2ccc(C#N)cc2)sc2cc(C)cc(C)c21. The zero-order valence-corrected chi connectivity index (χ0v) is 16.7. The highest BCUT2D eigenvalue weighted by atomic mass is 32.1. The third-order valence-corrected chi connectivity index (χ3v) is 5.19. The van der Waals surface area contributed by atoms with Gasteiger partial charge in [0.25, 0.3) is 5.91 Å². The monoisotopic (exact) mass is 393 g/mol. The molecule has 2 aromatic carbocycles. The first-order valence-corrected chi connectivity index (χ1v) is 9.60. The van der Waals surface area contributed by atoms with Crippen molar-refractivity contribution in [2.24, 2.45) is 4.99 Å². The fourth-order valence-electron chi connectivity index (χ4n) is 3.00. The molecular formula is C21H19N3O3S. The van der Waals surface area contributed by atoms with Gasteiger partial charge in [-0.3, -0.25) is 9.59 Å². The predicted molar refractivity (Wildman–Crippen MR) is 107 cm³/mol. The summed E-state index contributed by atoms with van der Waals surface area (Å²) >= 11 is 1.36. The van der Waals surface area contributed by atoms with E-state index in [4.69, 9.17) is 10.00 Å². The van der Waals surface area contributed by atoms with E-state index in [-0.39, 0.29) is 19.1 Å². The number of nitrogens with zero attached hydrogens (tertiary/aromatic N) is 3. The van der Waals surface area contributed by atoms with E-state index in [1.807, 2.05) is 32.0 Å². The van der Waals surface area contributed by atoms with Crippen molar-refractivity contribution < 1.29 is 14.3 Å². The summed E-state index contributed by atoms with van der Waals surface area (Å²) in [4.78, 5) is 29.4. The van der Waals surface area contributed by atoms with Crippen LogP contribution in [0.5, 0.6) is 0 Å². The van der Waals surface area contributed by atoms with Crippen molar-refractivity contribution in [2.75, 3.05) is 6.61 Å². The molecule has 0 spiro atoms. The molecule has 3 aromatic rings. The van der Waals surface area contributed by atoms with E-state index in [9.17, 15) is 9.59 Å². The molecule has 3 rings (SSSR count). The van der Waals surface area contributed by atoms with Gasteiger partial charge in [-0.15, -0.1) is 0 Å². The maximum Gasteiger partial charge on any atom is 0.326 e. The highest BCUT2D eigenvalue weighted by Gasteiger charge is 2.15. The first-order chi connectivity index (χ1) is 13.4. The summed E-state index contributed by atoms with van der Waals surface area (Å²) in [5, 5.41) is 8.89. The number of aromatic nitrogens is 1. The van der Waals surface area contributed by atoms with Crippen LogP contribution in [0.15, 0.2) is 41.4 Å². The van der Waals surface area contributed by atoms with Gasteiger partial charge in [-0.05, 0) is 62.2 Å². The van der Waals surface area contributed by atoms with Crippen molar-refractivity contribution in [3.63, 3.8) is 0 Å². The van der Waals surface area contributed by atoms with Gasteiger partial charge in [0.05, 0.1) is 28.5 Å². The maximum atomic E-state index is 12.6. The van der Waals surface area contributed by atoms with Gasteiger partial charge in [0.2, 0.25) is 0 Å². The molecule has 0 bridgehead atoms. The first-order valence-electron chi connectivity index (χ1n) is 8.78. The molecular weight excluding hydrogens is 374 g/mol. The van der Waals surface area contributed by atoms with Gasteiger partial charge in [0.1, 0.15) is 6.54 Å². The van der Waals surface area contributed by atoms with Crippen LogP contribution in [0.1, 0.15) is 34.0 Å². The van der Waals surface area contributed by atoms with Crippen molar-refractivity contribution in [1.29, 1.82) is 5.26 Å². The number of thiazole rings is 1. The Bertz CT molecular complexity index is 1160. The summed E-state index contributed by atoms with van der Waals surface area (Å²) in [7, 11) is 0. The Morgan fingerprint density at radius 2 is 1.93 bits per heavy atom. The second-order valence-corrected chi connectivity index (χ2v) is 7.32. The predicted octanol–water partition coefficient (Wildman–Crippen LogP) is 3.50. The lowest BCUT2D eigenvalue weighted by molar-refractivity contribution is -0.143. The molecule has 0 aliphatic carbocycles. The number of ether oxygens (including phenoxy) is 1. The summed E-state index contributed by atoms with van der Waals surface area (Å²) in [5.41, 5.74) is 3.83. The molecule has 0 aliphatic heterocycles. The number of amides is 1. The molecule has 0 aliphatic rings. The maximum absolute atomic E-state index is 12.6. The van der Waals surface area contributed by atoms with E-state index in [0.29, 0.717) is 15.9 Å². The number of esters is 1. The Balaban J connectivity index is 2.13. The number of benzene rings is 2. The lowest BCUT2D eigenvalue weighted by atomic mass is 10.1. The van der Waals surface area contributed by atoms with Gasteiger partial charge >= 0.3 is 5.97 Å². The van der Waals surface area contributed by atoms with Crippen molar-refractivity contribution in [3.05, 3.63) is 63.5 Å². The van der Waals surface area contributed by atoms with Gasteiger partial charge < -0.3 is 9.30 Å². The minimum absolute atomic E-state index is 0.0166. The summed E-state index contributed by atoms with van der Waals surface area (Å²) in [5.74, 6) is -0.808. The molecule has 1 heterocycles. The molecule has 7 heteroatoms. The standard InChI is InChI=1S/C21H19N3O3S/c1-4-27-18(25)12-24-19-14(3)9-13(2)10-17(19)28-21(24)23-20(26)16-7-5-15(11-22)6-8-16/h5-10H,4,12H2,1-3H3. The lowest BCUT2D eigenvalue weighted by Crippen LogP contribution is -2.23. The summed E-state index contributed by atoms with van der Waals surface area (Å²) in [6.07, 6.45) is 0. The van der Waals surface area contributed by atoms with Crippen LogP contribution in [0.3, 0.4) is 0 Å². The Morgan fingerprint density at radius 3 is 2.57 bits per heavy atom. The molecule has 0 saturated heterocycles. The Labute approximate surface area is 166 Å².